The third-order valence-electron chi connectivity index (χ3n) is 5.06. The minimum Gasteiger partial charge on any atom is -0.467 e. The summed E-state index contributed by atoms with van der Waals surface area (Å²) >= 11 is 0. The van der Waals surface area contributed by atoms with Crippen LogP contribution in [0.25, 0.3) is 0 Å². The smallest absolute Gasteiger partial charge is 0.251 e. The van der Waals surface area contributed by atoms with E-state index in [1.165, 1.54) is 0 Å². The molecule has 1 fully saturated rings. The Kier molecular flexibility index (Phi) is 9.83. The molecule has 1 aliphatic rings. The molecule has 2 amide bonds. The van der Waals surface area contributed by atoms with Crippen LogP contribution in [-0.4, -0.2) is 48.9 Å². The summed E-state index contributed by atoms with van der Waals surface area (Å²) in [7, 11) is 1.72. The lowest BCUT2D eigenvalue weighted by molar-refractivity contribution is -0.129. The molecular formula is C22H30IN5O3. The summed E-state index contributed by atoms with van der Waals surface area (Å²) in [6, 6.07) is 11.3. The average molecular weight is 539 g/mol. The Bertz CT molecular complexity index is 885. The molecule has 31 heavy (non-hydrogen) atoms. The van der Waals surface area contributed by atoms with Gasteiger partial charge in [-0.2, -0.15) is 0 Å². The predicted octanol–water partition coefficient (Wildman–Crippen LogP) is 2.50. The zero-order chi connectivity index (χ0) is 21.3. The molecule has 8 nitrogen and oxygen atoms in total. The minimum absolute atomic E-state index is 0. The number of carbonyl (C=O) groups is 2. The first-order chi connectivity index (χ1) is 14.6. The Morgan fingerprint density at radius 2 is 2.03 bits per heavy atom. The van der Waals surface area contributed by atoms with Crippen molar-refractivity contribution in [3.05, 3.63) is 59.5 Å². The first-order valence-corrected chi connectivity index (χ1v) is 10.2. The molecule has 0 radical (unpaired) electrons. The van der Waals surface area contributed by atoms with Gasteiger partial charge in [-0.1, -0.05) is 19.1 Å². The third-order valence-corrected chi connectivity index (χ3v) is 5.06. The van der Waals surface area contributed by atoms with Gasteiger partial charge in [0.05, 0.1) is 12.8 Å². The number of nitrogens with zero attached hydrogens (tertiary/aromatic N) is 2. The van der Waals surface area contributed by atoms with Crippen LogP contribution in [0.3, 0.4) is 0 Å². The Morgan fingerprint density at radius 3 is 2.74 bits per heavy atom. The summed E-state index contributed by atoms with van der Waals surface area (Å²) in [5, 5.41) is 9.50. The predicted molar refractivity (Wildman–Crippen MR) is 130 cm³/mol. The SMILES string of the molecule is CCC(=O)N1CCC(NC(=NC)NCc2cccc(C(=O)NCc3ccco3)c2)C1.I. The van der Waals surface area contributed by atoms with Gasteiger partial charge in [-0.05, 0) is 36.2 Å². The number of nitrogens with one attached hydrogen (secondary N) is 3. The molecule has 1 aromatic carbocycles. The first kappa shape index (κ1) is 24.7. The monoisotopic (exact) mass is 539 g/mol. The molecule has 0 bridgehead atoms. The highest BCUT2D eigenvalue weighted by Crippen LogP contribution is 2.11. The summed E-state index contributed by atoms with van der Waals surface area (Å²) in [4.78, 5) is 30.4. The van der Waals surface area contributed by atoms with E-state index in [1.807, 2.05) is 36.1 Å². The number of carbonyl (C=O) groups excluding carboxylic acids is 2. The standard InChI is InChI=1S/C22H29N5O3.HI/c1-3-20(28)27-10-9-18(15-27)26-22(23-2)25-13-16-6-4-7-17(12-16)21(29)24-14-19-8-5-11-30-19;/h4-8,11-12,18H,3,9-10,13-15H2,1-2H3,(H,24,29)(H2,23,25,26);1H. The number of guanidine groups is 1. The number of rotatable bonds is 7. The van der Waals surface area contributed by atoms with E-state index in [-0.39, 0.29) is 41.8 Å². The first-order valence-electron chi connectivity index (χ1n) is 10.2. The maximum atomic E-state index is 12.4. The zero-order valence-electron chi connectivity index (χ0n) is 17.9. The quantitative estimate of drug-likeness (QED) is 0.286. The fourth-order valence-electron chi connectivity index (χ4n) is 3.41. The van der Waals surface area contributed by atoms with Crippen LogP contribution < -0.4 is 16.0 Å². The second-order valence-corrected chi connectivity index (χ2v) is 7.21. The van der Waals surface area contributed by atoms with Crippen molar-refractivity contribution in [1.82, 2.24) is 20.9 Å². The van der Waals surface area contributed by atoms with Gasteiger partial charge in [0.1, 0.15) is 5.76 Å². The van der Waals surface area contributed by atoms with Gasteiger partial charge in [0, 0.05) is 44.7 Å². The summed E-state index contributed by atoms with van der Waals surface area (Å²) in [5.74, 6) is 1.42. The number of likely N-dealkylation sites (tertiary alicyclic amines) is 1. The number of hydrogen-bond donors (Lipinski definition) is 3. The lowest BCUT2D eigenvalue weighted by Crippen LogP contribution is -2.44. The van der Waals surface area contributed by atoms with Crippen LogP contribution in [0, 0.1) is 0 Å². The molecule has 0 saturated carbocycles. The molecule has 2 heterocycles. The molecule has 9 heteroatoms. The van der Waals surface area contributed by atoms with Crippen molar-refractivity contribution in [3.8, 4) is 0 Å². The zero-order valence-corrected chi connectivity index (χ0v) is 20.2. The molecule has 1 aliphatic heterocycles. The molecule has 1 unspecified atom stereocenters. The molecule has 3 rings (SSSR count). The number of hydrogen-bond acceptors (Lipinski definition) is 4. The molecule has 0 aliphatic carbocycles. The van der Waals surface area contributed by atoms with Gasteiger partial charge in [0.2, 0.25) is 5.91 Å². The van der Waals surface area contributed by atoms with Crippen LogP contribution in [-0.2, 0) is 17.9 Å². The molecule has 1 saturated heterocycles. The van der Waals surface area contributed by atoms with Crippen molar-refractivity contribution in [3.63, 3.8) is 0 Å². The van der Waals surface area contributed by atoms with Crippen LogP contribution in [0.4, 0.5) is 0 Å². The second kappa shape index (κ2) is 12.3. The van der Waals surface area contributed by atoms with Gasteiger partial charge in [0.15, 0.2) is 5.96 Å². The fraction of sp³-hybridized carbons (Fsp3) is 0.409. The highest BCUT2D eigenvalue weighted by molar-refractivity contribution is 14.0. The normalized spacial score (nSPS) is 15.9. The maximum Gasteiger partial charge on any atom is 0.251 e. The summed E-state index contributed by atoms with van der Waals surface area (Å²) < 4.78 is 5.23. The van der Waals surface area contributed by atoms with Crippen LogP contribution >= 0.6 is 24.0 Å². The molecule has 2 aromatic rings. The highest BCUT2D eigenvalue weighted by atomic mass is 127. The average Bonchev–Trinajstić information content (AvgIpc) is 3.46. The van der Waals surface area contributed by atoms with E-state index in [4.69, 9.17) is 4.42 Å². The van der Waals surface area contributed by atoms with Gasteiger partial charge in [0.25, 0.3) is 5.91 Å². The van der Waals surface area contributed by atoms with E-state index >= 15 is 0 Å². The largest absolute Gasteiger partial charge is 0.467 e. The number of halogens is 1. The van der Waals surface area contributed by atoms with E-state index in [9.17, 15) is 9.59 Å². The molecule has 3 N–H and O–H groups in total. The van der Waals surface area contributed by atoms with Crippen LogP contribution in [0.5, 0.6) is 0 Å². The molecule has 168 valence electrons. The highest BCUT2D eigenvalue weighted by Gasteiger charge is 2.25. The minimum atomic E-state index is -0.151. The summed E-state index contributed by atoms with van der Waals surface area (Å²) in [6.45, 7) is 4.23. The van der Waals surface area contributed by atoms with E-state index in [0.717, 1.165) is 18.5 Å². The molecular weight excluding hydrogens is 509 g/mol. The molecule has 0 spiro atoms. The van der Waals surface area contributed by atoms with Crippen molar-refractivity contribution in [1.29, 1.82) is 0 Å². The third kappa shape index (κ3) is 7.27. The summed E-state index contributed by atoms with van der Waals surface area (Å²) in [5.41, 5.74) is 1.56. The van der Waals surface area contributed by atoms with E-state index < -0.39 is 0 Å². The lowest BCUT2D eigenvalue weighted by atomic mass is 10.1. The second-order valence-electron chi connectivity index (χ2n) is 7.21. The van der Waals surface area contributed by atoms with Crippen molar-refractivity contribution < 1.29 is 14.0 Å². The molecule has 1 aromatic heterocycles. The van der Waals surface area contributed by atoms with Gasteiger partial charge >= 0.3 is 0 Å². The Hall–Kier alpha value is -2.56. The Morgan fingerprint density at radius 1 is 1.19 bits per heavy atom. The lowest BCUT2D eigenvalue weighted by Gasteiger charge is -2.19. The number of furan rings is 1. The van der Waals surface area contributed by atoms with Crippen molar-refractivity contribution in [2.45, 2.75) is 38.9 Å². The van der Waals surface area contributed by atoms with Crippen molar-refractivity contribution in [2.75, 3.05) is 20.1 Å². The van der Waals surface area contributed by atoms with Crippen LogP contribution in [0.2, 0.25) is 0 Å². The topological polar surface area (TPSA) is 99.0 Å². The van der Waals surface area contributed by atoms with Gasteiger partial charge < -0.3 is 25.3 Å². The van der Waals surface area contributed by atoms with E-state index in [0.29, 0.717) is 43.3 Å². The summed E-state index contributed by atoms with van der Waals surface area (Å²) in [6.07, 6.45) is 3.02. The Labute approximate surface area is 199 Å². The van der Waals surface area contributed by atoms with Crippen LogP contribution in [0.15, 0.2) is 52.1 Å². The van der Waals surface area contributed by atoms with E-state index in [2.05, 4.69) is 20.9 Å². The fourth-order valence-corrected chi connectivity index (χ4v) is 3.41. The van der Waals surface area contributed by atoms with Gasteiger partial charge in [-0.3, -0.25) is 14.6 Å². The number of amides is 2. The Balaban J connectivity index is 0.00000341. The number of aliphatic imine (C=N–C) groups is 1. The number of benzene rings is 1. The molecule has 1 atom stereocenters. The van der Waals surface area contributed by atoms with Gasteiger partial charge in [-0.25, -0.2) is 0 Å². The van der Waals surface area contributed by atoms with Gasteiger partial charge in [-0.15, -0.1) is 24.0 Å². The van der Waals surface area contributed by atoms with Crippen molar-refractivity contribution in [2.24, 2.45) is 4.99 Å². The maximum absolute atomic E-state index is 12.4. The van der Waals surface area contributed by atoms with E-state index in [1.54, 1.807) is 25.4 Å². The van der Waals surface area contributed by atoms with Crippen molar-refractivity contribution >= 4 is 41.8 Å². The van der Waals surface area contributed by atoms with Crippen LogP contribution in [0.1, 0.15) is 41.4 Å².